The zero-order valence-corrected chi connectivity index (χ0v) is 14.1. The van der Waals surface area contributed by atoms with Gasteiger partial charge in [-0.15, -0.1) is 0 Å². The van der Waals surface area contributed by atoms with E-state index in [1.807, 2.05) is 22.8 Å². The van der Waals surface area contributed by atoms with Gasteiger partial charge >= 0.3 is 0 Å². The van der Waals surface area contributed by atoms with E-state index in [2.05, 4.69) is 9.97 Å². The molecular formula is C16H14Cl2N4O. The van der Waals surface area contributed by atoms with E-state index in [1.54, 1.807) is 37.2 Å². The van der Waals surface area contributed by atoms with Crippen molar-refractivity contribution in [2.24, 2.45) is 0 Å². The van der Waals surface area contributed by atoms with Crippen LogP contribution in [0.1, 0.15) is 0 Å². The Bertz CT molecular complexity index is 872. The number of likely N-dealkylation sites (N-methyl/N-ethyl adjacent to an activating group) is 1. The number of carbonyl (C=O) groups is 1. The smallest absolute Gasteiger partial charge is 0.242 e. The average Bonchev–Trinajstić information content (AvgIpc) is 2.85. The second kappa shape index (κ2) is 6.18. The Labute approximate surface area is 143 Å². The molecule has 2 heterocycles. The number of imidazole rings is 1. The van der Waals surface area contributed by atoms with Crippen molar-refractivity contribution in [3.05, 3.63) is 46.6 Å². The summed E-state index contributed by atoms with van der Waals surface area (Å²) in [6.07, 6.45) is 0. The highest BCUT2D eigenvalue weighted by Crippen LogP contribution is 2.26. The number of amides is 1. The van der Waals surface area contributed by atoms with Gasteiger partial charge in [-0.25, -0.2) is 9.97 Å². The number of pyridine rings is 1. The first-order chi connectivity index (χ1) is 11.0. The van der Waals surface area contributed by atoms with Crippen LogP contribution in [0.4, 0.5) is 0 Å². The second-order valence-electron chi connectivity index (χ2n) is 5.29. The van der Waals surface area contributed by atoms with E-state index in [1.165, 1.54) is 0 Å². The molecule has 0 fully saturated rings. The van der Waals surface area contributed by atoms with Gasteiger partial charge in [-0.1, -0.05) is 23.2 Å². The molecule has 0 aliphatic carbocycles. The predicted octanol–water partition coefficient (Wildman–Crippen LogP) is 3.49. The largest absolute Gasteiger partial charge is 0.347 e. The van der Waals surface area contributed by atoms with Crippen LogP contribution in [0.3, 0.4) is 0 Å². The molecule has 0 radical (unpaired) electrons. The highest BCUT2D eigenvalue weighted by molar-refractivity contribution is 6.30. The number of carbonyl (C=O) groups excluding carboxylic acids is 1. The van der Waals surface area contributed by atoms with Gasteiger partial charge in [0.05, 0.1) is 5.52 Å². The Balaban J connectivity index is 2.18. The van der Waals surface area contributed by atoms with Gasteiger partial charge in [-0.3, -0.25) is 4.79 Å². The Morgan fingerprint density at radius 2 is 1.78 bits per heavy atom. The summed E-state index contributed by atoms with van der Waals surface area (Å²) in [4.78, 5) is 22.5. The normalized spacial score (nSPS) is 11.0. The number of hydrogen-bond donors (Lipinski definition) is 0. The number of fused-ring (bicyclic) bond motifs is 1. The van der Waals surface area contributed by atoms with E-state index in [4.69, 9.17) is 23.2 Å². The Kier molecular flexibility index (Phi) is 4.24. The molecule has 0 saturated heterocycles. The number of hydrogen-bond acceptors (Lipinski definition) is 3. The molecule has 2 aromatic heterocycles. The van der Waals surface area contributed by atoms with Gasteiger partial charge in [0.15, 0.2) is 5.65 Å². The van der Waals surface area contributed by atoms with Crippen molar-refractivity contribution >= 4 is 40.3 Å². The van der Waals surface area contributed by atoms with Crippen LogP contribution in [-0.2, 0) is 11.3 Å². The molecule has 1 amide bonds. The van der Waals surface area contributed by atoms with Crippen LogP contribution in [0, 0.1) is 0 Å². The molecule has 3 rings (SSSR count). The molecule has 118 valence electrons. The molecule has 0 bridgehead atoms. The van der Waals surface area contributed by atoms with Gasteiger partial charge in [-0.05, 0) is 36.4 Å². The van der Waals surface area contributed by atoms with Crippen molar-refractivity contribution in [1.29, 1.82) is 0 Å². The molecule has 23 heavy (non-hydrogen) atoms. The van der Waals surface area contributed by atoms with E-state index in [0.717, 1.165) is 11.1 Å². The monoisotopic (exact) mass is 348 g/mol. The molecule has 0 aliphatic heterocycles. The number of benzene rings is 1. The summed E-state index contributed by atoms with van der Waals surface area (Å²) in [7, 11) is 3.44. The minimum atomic E-state index is -0.0329. The highest BCUT2D eigenvalue weighted by atomic mass is 35.5. The van der Waals surface area contributed by atoms with Gasteiger partial charge in [0.25, 0.3) is 0 Å². The number of nitrogens with zero attached hydrogens (tertiary/aromatic N) is 4. The quantitative estimate of drug-likeness (QED) is 0.680. The van der Waals surface area contributed by atoms with Crippen LogP contribution in [0.25, 0.3) is 22.6 Å². The highest BCUT2D eigenvalue weighted by Gasteiger charge is 2.17. The minimum absolute atomic E-state index is 0.0329. The molecule has 0 atom stereocenters. The van der Waals surface area contributed by atoms with Crippen LogP contribution in [0.5, 0.6) is 0 Å². The molecule has 0 aliphatic rings. The maximum Gasteiger partial charge on any atom is 0.242 e. The van der Waals surface area contributed by atoms with Crippen molar-refractivity contribution in [2.45, 2.75) is 6.54 Å². The lowest BCUT2D eigenvalue weighted by Gasteiger charge is -2.13. The Morgan fingerprint density at radius 3 is 2.43 bits per heavy atom. The first-order valence-corrected chi connectivity index (χ1v) is 7.70. The van der Waals surface area contributed by atoms with Crippen LogP contribution >= 0.6 is 23.2 Å². The zero-order chi connectivity index (χ0) is 16.6. The van der Waals surface area contributed by atoms with E-state index in [9.17, 15) is 4.79 Å². The van der Waals surface area contributed by atoms with E-state index < -0.39 is 0 Å². The lowest BCUT2D eigenvalue weighted by atomic mass is 10.2. The average molecular weight is 349 g/mol. The Hall–Kier alpha value is -2.11. The molecule has 3 aromatic rings. The predicted molar refractivity (Wildman–Crippen MR) is 91.7 cm³/mol. The van der Waals surface area contributed by atoms with Crippen LogP contribution in [0.2, 0.25) is 10.2 Å². The second-order valence-corrected chi connectivity index (χ2v) is 6.12. The minimum Gasteiger partial charge on any atom is -0.347 e. The van der Waals surface area contributed by atoms with Gasteiger partial charge in [0.1, 0.15) is 17.5 Å². The molecule has 0 unspecified atom stereocenters. The third-order valence-electron chi connectivity index (χ3n) is 3.47. The maximum atomic E-state index is 12.2. The summed E-state index contributed by atoms with van der Waals surface area (Å²) >= 11 is 11.9. The molecule has 0 saturated carbocycles. The van der Waals surface area contributed by atoms with Gasteiger partial charge in [0.2, 0.25) is 5.91 Å². The number of rotatable bonds is 3. The molecule has 7 heteroatoms. The summed E-state index contributed by atoms with van der Waals surface area (Å²) < 4.78 is 1.84. The third kappa shape index (κ3) is 3.16. The summed E-state index contributed by atoms with van der Waals surface area (Å²) in [5.41, 5.74) is 2.12. The Morgan fingerprint density at radius 1 is 1.09 bits per heavy atom. The molecular weight excluding hydrogens is 335 g/mol. The van der Waals surface area contributed by atoms with Crippen molar-refractivity contribution in [3.63, 3.8) is 0 Å². The lowest BCUT2D eigenvalue weighted by Crippen LogP contribution is -2.26. The summed E-state index contributed by atoms with van der Waals surface area (Å²) in [5, 5.41) is 1.01. The van der Waals surface area contributed by atoms with Gasteiger partial charge in [0, 0.05) is 24.7 Å². The van der Waals surface area contributed by atoms with E-state index in [0.29, 0.717) is 21.6 Å². The maximum absolute atomic E-state index is 12.2. The van der Waals surface area contributed by atoms with Gasteiger partial charge < -0.3 is 9.47 Å². The molecule has 1 aromatic carbocycles. The summed E-state index contributed by atoms with van der Waals surface area (Å²) in [5.74, 6) is 0.621. The fourth-order valence-electron chi connectivity index (χ4n) is 2.24. The zero-order valence-electron chi connectivity index (χ0n) is 12.6. The lowest BCUT2D eigenvalue weighted by molar-refractivity contribution is -0.129. The SMILES string of the molecule is CN(C)C(=O)Cn1c(-c2ccc(Cl)cc2)nc2nc(Cl)ccc21. The molecule has 5 nitrogen and oxygen atoms in total. The first kappa shape index (κ1) is 15.8. The standard InChI is InChI=1S/C16H14Cl2N4O/c1-21(2)14(23)9-22-12-7-8-13(18)19-15(12)20-16(22)10-3-5-11(17)6-4-10/h3-8H,9H2,1-2H3. The molecule has 0 spiro atoms. The van der Waals surface area contributed by atoms with E-state index >= 15 is 0 Å². The van der Waals surface area contributed by atoms with Crippen molar-refractivity contribution in [2.75, 3.05) is 14.1 Å². The topological polar surface area (TPSA) is 51.0 Å². The van der Waals surface area contributed by atoms with Crippen LogP contribution in [-0.4, -0.2) is 39.4 Å². The molecule has 0 N–H and O–H groups in total. The first-order valence-electron chi connectivity index (χ1n) is 6.94. The van der Waals surface area contributed by atoms with Crippen LogP contribution < -0.4 is 0 Å². The number of aromatic nitrogens is 3. The van der Waals surface area contributed by atoms with E-state index in [-0.39, 0.29) is 12.5 Å². The fraction of sp³-hybridized carbons (Fsp3) is 0.188. The van der Waals surface area contributed by atoms with Crippen molar-refractivity contribution < 1.29 is 4.79 Å². The van der Waals surface area contributed by atoms with Gasteiger partial charge in [-0.2, -0.15) is 0 Å². The summed E-state index contributed by atoms with van der Waals surface area (Å²) in [6, 6.07) is 10.8. The number of halogens is 2. The summed E-state index contributed by atoms with van der Waals surface area (Å²) in [6.45, 7) is 0.171. The van der Waals surface area contributed by atoms with Crippen LogP contribution in [0.15, 0.2) is 36.4 Å². The fourth-order valence-corrected chi connectivity index (χ4v) is 2.51. The van der Waals surface area contributed by atoms with Crippen molar-refractivity contribution in [3.8, 4) is 11.4 Å². The third-order valence-corrected chi connectivity index (χ3v) is 3.94. The van der Waals surface area contributed by atoms with Crippen molar-refractivity contribution in [1.82, 2.24) is 19.4 Å².